The van der Waals surface area contributed by atoms with E-state index in [9.17, 15) is 4.79 Å². The number of nitrogens with zero attached hydrogens (tertiary/aromatic N) is 1. The first-order chi connectivity index (χ1) is 12.6. The number of benzene rings is 2. The zero-order valence-corrected chi connectivity index (χ0v) is 15.0. The molecule has 3 rings (SSSR count). The molecule has 5 heteroatoms. The third-order valence-corrected chi connectivity index (χ3v) is 4.02. The summed E-state index contributed by atoms with van der Waals surface area (Å²) in [6.07, 6.45) is 1.65. The third-order valence-electron chi connectivity index (χ3n) is 4.02. The molecule has 0 radical (unpaired) electrons. The largest absolute Gasteiger partial charge is 0.495 e. The van der Waals surface area contributed by atoms with Crippen LogP contribution in [0, 0.1) is 13.8 Å². The molecule has 0 spiro atoms. The smallest absolute Gasteiger partial charge is 0.274 e. The third kappa shape index (κ3) is 4.00. The molecule has 0 aliphatic heterocycles. The summed E-state index contributed by atoms with van der Waals surface area (Å²) in [5.74, 6) is 0.332. The maximum Gasteiger partial charge on any atom is 0.274 e. The Morgan fingerprint density at radius 3 is 2.50 bits per heavy atom. The Kier molecular flexibility index (Phi) is 5.17. The number of ether oxygens (including phenoxy) is 1. The highest BCUT2D eigenvalue weighted by atomic mass is 16.5. The van der Waals surface area contributed by atoms with E-state index in [-0.39, 0.29) is 5.91 Å². The van der Waals surface area contributed by atoms with Crippen LogP contribution in [-0.2, 0) is 0 Å². The van der Waals surface area contributed by atoms with Crippen molar-refractivity contribution in [2.75, 3.05) is 17.7 Å². The van der Waals surface area contributed by atoms with E-state index in [4.69, 9.17) is 4.74 Å². The van der Waals surface area contributed by atoms with Gasteiger partial charge in [0.05, 0.1) is 24.7 Å². The standard InChI is InChI=1S/C21H21N3O2/c1-14-8-11-20(26-3)19(12-14)24-21(25)18-10-9-16(13-22-18)23-17-7-5-4-6-15(17)2/h4-13,23H,1-3H3,(H,24,25). The Hall–Kier alpha value is -3.34. The number of carbonyl (C=O) groups excluding carboxylic acids is 1. The minimum absolute atomic E-state index is 0.281. The summed E-state index contributed by atoms with van der Waals surface area (Å²) in [6.45, 7) is 3.99. The molecule has 0 unspecified atom stereocenters. The number of nitrogens with one attached hydrogen (secondary N) is 2. The van der Waals surface area contributed by atoms with Gasteiger partial charge in [-0.3, -0.25) is 4.79 Å². The second-order valence-electron chi connectivity index (χ2n) is 6.03. The van der Waals surface area contributed by atoms with Crippen molar-refractivity contribution in [1.82, 2.24) is 4.98 Å². The van der Waals surface area contributed by atoms with E-state index in [1.807, 2.05) is 62.4 Å². The summed E-state index contributed by atoms with van der Waals surface area (Å²) in [5, 5.41) is 6.15. The Balaban J connectivity index is 1.73. The van der Waals surface area contributed by atoms with Gasteiger partial charge in [-0.05, 0) is 55.3 Å². The molecule has 1 heterocycles. The Labute approximate surface area is 153 Å². The van der Waals surface area contributed by atoms with E-state index in [1.165, 1.54) is 0 Å². The zero-order valence-electron chi connectivity index (χ0n) is 15.0. The van der Waals surface area contributed by atoms with Crippen LogP contribution in [0.2, 0.25) is 0 Å². The highest BCUT2D eigenvalue weighted by Crippen LogP contribution is 2.26. The van der Waals surface area contributed by atoms with E-state index in [1.54, 1.807) is 19.4 Å². The first-order valence-corrected chi connectivity index (χ1v) is 8.31. The first-order valence-electron chi connectivity index (χ1n) is 8.31. The SMILES string of the molecule is COc1ccc(C)cc1NC(=O)c1ccc(Nc2ccccc2C)cn1. The van der Waals surface area contributed by atoms with Gasteiger partial charge in [0.2, 0.25) is 0 Å². The number of rotatable bonds is 5. The quantitative estimate of drug-likeness (QED) is 0.702. The molecule has 3 aromatic rings. The minimum atomic E-state index is -0.281. The molecule has 26 heavy (non-hydrogen) atoms. The van der Waals surface area contributed by atoms with E-state index in [2.05, 4.69) is 15.6 Å². The Bertz CT molecular complexity index is 921. The maximum atomic E-state index is 12.5. The number of para-hydroxylation sites is 1. The molecule has 0 aliphatic carbocycles. The van der Waals surface area contributed by atoms with Gasteiger partial charge in [0.15, 0.2) is 0 Å². The predicted octanol–water partition coefficient (Wildman–Crippen LogP) is 4.70. The van der Waals surface area contributed by atoms with Crippen LogP contribution >= 0.6 is 0 Å². The van der Waals surface area contributed by atoms with Gasteiger partial charge < -0.3 is 15.4 Å². The summed E-state index contributed by atoms with van der Waals surface area (Å²) in [4.78, 5) is 16.7. The van der Waals surface area contributed by atoms with Crippen molar-refractivity contribution >= 4 is 23.0 Å². The van der Waals surface area contributed by atoms with Crippen LogP contribution in [0.15, 0.2) is 60.8 Å². The second-order valence-corrected chi connectivity index (χ2v) is 6.03. The van der Waals surface area contributed by atoms with Gasteiger partial charge in [-0.25, -0.2) is 4.98 Å². The summed E-state index contributed by atoms with van der Waals surface area (Å²) in [6, 6.07) is 17.1. The van der Waals surface area contributed by atoms with Crippen LogP contribution in [-0.4, -0.2) is 18.0 Å². The van der Waals surface area contributed by atoms with Crippen LogP contribution in [0.25, 0.3) is 0 Å². The number of aryl methyl sites for hydroxylation is 2. The molecular formula is C21H21N3O2. The summed E-state index contributed by atoms with van der Waals surface area (Å²) < 4.78 is 5.29. The number of amides is 1. The lowest BCUT2D eigenvalue weighted by Gasteiger charge is -2.12. The van der Waals surface area contributed by atoms with Crippen LogP contribution in [0.4, 0.5) is 17.1 Å². The summed E-state index contributed by atoms with van der Waals surface area (Å²) in [5.41, 5.74) is 4.97. The number of hydrogen-bond donors (Lipinski definition) is 2. The normalized spacial score (nSPS) is 10.3. The van der Waals surface area contributed by atoms with Crippen molar-refractivity contribution in [3.63, 3.8) is 0 Å². The van der Waals surface area contributed by atoms with Crippen LogP contribution < -0.4 is 15.4 Å². The van der Waals surface area contributed by atoms with Gasteiger partial charge in [-0.15, -0.1) is 0 Å². The van der Waals surface area contributed by atoms with Gasteiger partial charge in [0, 0.05) is 5.69 Å². The summed E-state index contributed by atoms with van der Waals surface area (Å²) >= 11 is 0. The van der Waals surface area contributed by atoms with Crippen molar-refractivity contribution in [2.45, 2.75) is 13.8 Å². The van der Waals surface area contributed by atoms with Crippen molar-refractivity contribution in [2.24, 2.45) is 0 Å². The molecule has 0 fully saturated rings. The predicted molar refractivity (Wildman–Crippen MR) is 104 cm³/mol. The molecule has 0 saturated heterocycles. The molecule has 1 amide bonds. The van der Waals surface area contributed by atoms with Crippen molar-refractivity contribution in [1.29, 1.82) is 0 Å². The first kappa shape index (κ1) is 17.5. The van der Waals surface area contributed by atoms with Crippen LogP contribution in [0.3, 0.4) is 0 Å². The Morgan fingerprint density at radius 1 is 1.00 bits per heavy atom. The lowest BCUT2D eigenvalue weighted by Crippen LogP contribution is -2.14. The van der Waals surface area contributed by atoms with Crippen molar-refractivity contribution in [3.8, 4) is 5.75 Å². The molecule has 0 aliphatic rings. The van der Waals surface area contributed by atoms with E-state index < -0.39 is 0 Å². The molecular weight excluding hydrogens is 326 g/mol. The minimum Gasteiger partial charge on any atom is -0.495 e. The highest BCUT2D eigenvalue weighted by molar-refractivity contribution is 6.03. The summed E-state index contributed by atoms with van der Waals surface area (Å²) in [7, 11) is 1.57. The van der Waals surface area contributed by atoms with E-state index in [0.29, 0.717) is 17.1 Å². The van der Waals surface area contributed by atoms with Crippen LogP contribution in [0.1, 0.15) is 21.6 Å². The number of pyridine rings is 1. The fourth-order valence-electron chi connectivity index (χ4n) is 2.58. The van der Waals surface area contributed by atoms with Crippen LogP contribution in [0.5, 0.6) is 5.75 Å². The lowest BCUT2D eigenvalue weighted by molar-refractivity contribution is 0.102. The number of carbonyl (C=O) groups is 1. The second kappa shape index (κ2) is 7.70. The highest BCUT2D eigenvalue weighted by Gasteiger charge is 2.11. The van der Waals surface area contributed by atoms with E-state index >= 15 is 0 Å². The molecule has 0 atom stereocenters. The zero-order chi connectivity index (χ0) is 18.5. The number of methoxy groups -OCH3 is 1. The van der Waals surface area contributed by atoms with Gasteiger partial charge in [-0.2, -0.15) is 0 Å². The molecule has 0 bridgehead atoms. The average molecular weight is 347 g/mol. The fourth-order valence-corrected chi connectivity index (χ4v) is 2.58. The Morgan fingerprint density at radius 2 is 1.81 bits per heavy atom. The van der Waals surface area contributed by atoms with Gasteiger partial charge in [0.25, 0.3) is 5.91 Å². The number of anilines is 3. The van der Waals surface area contributed by atoms with Crippen molar-refractivity contribution in [3.05, 3.63) is 77.6 Å². The average Bonchev–Trinajstić information content (AvgIpc) is 2.64. The molecule has 5 nitrogen and oxygen atoms in total. The number of aromatic nitrogens is 1. The van der Waals surface area contributed by atoms with E-state index in [0.717, 1.165) is 22.5 Å². The molecule has 2 N–H and O–H groups in total. The molecule has 0 saturated carbocycles. The number of hydrogen-bond acceptors (Lipinski definition) is 4. The fraction of sp³-hybridized carbons (Fsp3) is 0.143. The topological polar surface area (TPSA) is 63.2 Å². The molecule has 1 aromatic heterocycles. The van der Waals surface area contributed by atoms with Gasteiger partial charge in [-0.1, -0.05) is 24.3 Å². The van der Waals surface area contributed by atoms with Gasteiger partial charge >= 0.3 is 0 Å². The molecule has 132 valence electrons. The monoisotopic (exact) mass is 347 g/mol. The van der Waals surface area contributed by atoms with Gasteiger partial charge in [0.1, 0.15) is 11.4 Å². The van der Waals surface area contributed by atoms with Crippen molar-refractivity contribution < 1.29 is 9.53 Å². The molecule has 2 aromatic carbocycles. The lowest BCUT2D eigenvalue weighted by atomic mass is 10.2. The maximum absolute atomic E-state index is 12.5.